The molecular formula is C27H21N3O5. The smallest absolute Gasteiger partial charge is 0.336 e. The van der Waals surface area contributed by atoms with Crippen molar-refractivity contribution >= 4 is 27.8 Å². The van der Waals surface area contributed by atoms with Gasteiger partial charge in [-0.2, -0.15) is 0 Å². The van der Waals surface area contributed by atoms with Crippen LogP contribution in [0.2, 0.25) is 0 Å². The molecule has 0 spiro atoms. The van der Waals surface area contributed by atoms with Crippen LogP contribution in [0.15, 0.2) is 98.9 Å². The Morgan fingerprint density at radius 3 is 2.54 bits per heavy atom. The molecule has 5 rings (SSSR count). The van der Waals surface area contributed by atoms with Gasteiger partial charge in [0, 0.05) is 24.1 Å². The number of amides is 1. The number of nitrogens with one attached hydrogen (secondary N) is 1. The first-order valence-corrected chi connectivity index (χ1v) is 11.0. The third-order valence-corrected chi connectivity index (χ3v) is 5.53. The molecular weight excluding hydrogens is 446 g/mol. The molecule has 0 aliphatic rings. The molecule has 0 saturated carbocycles. The van der Waals surface area contributed by atoms with E-state index in [0.29, 0.717) is 34.6 Å². The average Bonchev–Trinajstić information content (AvgIpc) is 2.87. The van der Waals surface area contributed by atoms with Crippen molar-refractivity contribution in [1.82, 2.24) is 14.9 Å². The predicted octanol–water partition coefficient (Wildman–Crippen LogP) is 3.64. The Morgan fingerprint density at radius 2 is 1.69 bits per heavy atom. The van der Waals surface area contributed by atoms with Crippen molar-refractivity contribution in [2.75, 3.05) is 6.61 Å². The van der Waals surface area contributed by atoms with Crippen LogP contribution in [-0.2, 0) is 17.9 Å². The Labute approximate surface area is 199 Å². The minimum atomic E-state index is -0.461. The Hall–Kier alpha value is -4.72. The highest BCUT2D eigenvalue weighted by atomic mass is 16.5. The van der Waals surface area contributed by atoms with Gasteiger partial charge < -0.3 is 19.0 Å². The van der Waals surface area contributed by atoms with Gasteiger partial charge in [0.2, 0.25) is 0 Å². The molecule has 0 bridgehead atoms. The first-order chi connectivity index (χ1) is 17.0. The van der Waals surface area contributed by atoms with Crippen molar-refractivity contribution in [2.24, 2.45) is 0 Å². The molecule has 0 radical (unpaired) electrons. The zero-order chi connectivity index (χ0) is 24.2. The number of ether oxygens (including phenoxy) is 1. The van der Waals surface area contributed by atoms with Gasteiger partial charge >= 0.3 is 5.63 Å². The largest absolute Gasteiger partial charge is 0.484 e. The number of aromatic amines is 1. The summed E-state index contributed by atoms with van der Waals surface area (Å²) in [5.41, 5.74) is 1.15. The maximum Gasteiger partial charge on any atom is 0.336 e. The zero-order valence-corrected chi connectivity index (χ0v) is 18.6. The summed E-state index contributed by atoms with van der Waals surface area (Å²) in [5.74, 6) is 0.488. The molecule has 5 aromatic rings. The van der Waals surface area contributed by atoms with Gasteiger partial charge in [0.1, 0.15) is 17.2 Å². The van der Waals surface area contributed by atoms with Crippen molar-refractivity contribution in [3.8, 4) is 5.75 Å². The number of benzene rings is 3. The van der Waals surface area contributed by atoms with E-state index >= 15 is 0 Å². The van der Waals surface area contributed by atoms with Crippen LogP contribution >= 0.6 is 0 Å². The second kappa shape index (κ2) is 9.64. The maximum atomic E-state index is 13.2. The SMILES string of the molecule is O=C(COc1ccc2ccc(=O)oc2c1)N(Cc1ccccc1)Cc1nc2ccccc2c(=O)[nH]1. The van der Waals surface area contributed by atoms with E-state index in [4.69, 9.17) is 9.15 Å². The van der Waals surface area contributed by atoms with E-state index in [1.165, 1.54) is 6.07 Å². The van der Waals surface area contributed by atoms with Crippen molar-refractivity contribution in [3.05, 3.63) is 117 Å². The summed E-state index contributed by atoms with van der Waals surface area (Å²) in [6, 6.07) is 24.6. The fourth-order valence-electron chi connectivity index (χ4n) is 3.79. The number of hydrogen-bond donors (Lipinski definition) is 1. The van der Waals surface area contributed by atoms with Gasteiger partial charge in [-0.05, 0) is 35.9 Å². The number of nitrogens with zero attached hydrogens (tertiary/aromatic N) is 2. The first kappa shape index (κ1) is 22.1. The number of carbonyl (C=O) groups is 1. The molecule has 0 fully saturated rings. The summed E-state index contributed by atoms with van der Waals surface area (Å²) in [7, 11) is 0. The third kappa shape index (κ3) is 5.11. The van der Waals surface area contributed by atoms with Crippen LogP contribution in [0.5, 0.6) is 5.75 Å². The molecule has 8 nitrogen and oxygen atoms in total. The summed E-state index contributed by atoms with van der Waals surface area (Å²) < 4.78 is 10.9. The van der Waals surface area contributed by atoms with Crippen LogP contribution in [0.25, 0.3) is 21.9 Å². The van der Waals surface area contributed by atoms with Crippen molar-refractivity contribution in [3.63, 3.8) is 0 Å². The normalized spacial score (nSPS) is 11.0. The van der Waals surface area contributed by atoms with Crippen molar-refractivity contribution in [1.29, 1.82) is 0 Å². The Balaban J connectivity index is 1.38. The van der Waals surface area contributed by atoms with E-state index in [0.717, 1.165) is 10.9 Å². The Morgan fingerprint density at radius 1 is 0.914 bits per heavy atom. The minimum Gasteiger partial charge on any atom is -0.484 e. The van der Waals surface area contributed by atoms with Crippen molar-refractivity contribution in [2.45, 2.75) is 13.1 Å². The van der Waals surface area contributed by atoms with E-state index in [-0.39, 0.29) is 24.6 Å². The molecule has 0 aliphatic heterocycles. The molecule has 174 valence electrons. The lowest BCUT2D eigenvalue weighted by molar-refractivity contribution is -0.134. The molecule has 0 atom stereocenters. The van der Waals surface area contributed by atoms with Gasteiger partial charge in [-0.3, -0.25) is 9.59 Å². The number of hydrogen-bond acceptors (Lipinski definition) is 6. The maximum absolute atomic E-state index is 13.2. The van der Waals surface area contributed by atoms with E-state index in [1.807, 2.05) is 36.4 Å². The molecule has 8 heteroatoms. The minimum absolute atomic E-state index is 0.101. The highest BCUT2D eigenvalue weighted by Crippen LogP contribution is 2.20. The molecule has 1 N–H and O–H groups in total. The van der Waals surface area contributed by atoms with Crippen LogP contribution in [-0.4, -0.2) is 27.4 Å². The molecule has 1 amide bonds. The first-order valence-electron chi connectivity index (χ1n) is 11.0. The van der Waals surface area contributed by atoms with Gasteiger partial charge in [0.05, 0.1) is 17.4 Å². The molecule has 0 aliphatic carbocycles. The van der Waals surface area contributed by atoms with Gasteiger partial charge in [0.15, 0.2) is 6.61 Å². The zero-order valence-electron chi connectivity index (χ0n) is 18.6. The number of aromatic nitrogens is 2. The lowest BCUT2D eigenvalue weighted by Gasteiger charge is -2.22. The van der Waals surface area contributed by atoms with Crippen LogP contribution < -0.4 is 15.9 Å². The Kier molecular flexibility index (Phi) is 6.09. The summed E-state index contributed by atoms with van der Waals surface area (Å²) >= 11 is 0. The van der Waals surface area contributed by atoms with Gasteiger partial charge in [-0.1, -0.05) is 42.5 Å². The predicted molar refractivity (Wildman–Crippen MR) is 131 cm³/mol. The number of H-pyrrole nitrogens is 1. The number of fused-ring (bicyclic) bond motifs is 2. The topological polar surface area (TPSA) is 106 Å². The molecule has 2 aromatic heterocycles. The summed E-state index contributed by atoms with van der Waals surface area (Å²) in [5, 5.41) is 1.24. The quantitative estimate of drug-likeness (QED) is 0.367. The third-order valence-electron chi connectivity index (χ3n) is 5.53. The number of rotatable bonds is 7. The Bertz CT molecular complexity index is 1630. The van der Waals surface area contributed by atoms with E-state index in [9.17, 15) is 14.4 Å². The highest BCUT2D eigenvalue weighted by Gasteiger charge is 2.18. The van der Waals surface area contributed by atoms with Gasteiger partial charge in [0.25, 0.3) is 11.5 Å². The molecule has 0 unspecified atom stereocenters. The molecule has 2 heterocycles. The average molecular weight is 467 g/mol. The van der Waals surface area contributed by atoms with Gasteiger partial charge in [-0.15, -0.1) is 0 Å². The molecule has 3 aromatic carbocycles. The summed E-state index contributed by atoms with van der Waals surface area (Å²) in [4.78, 5) is 46.1. The molecule has 35 heavy (non-hydrogen) atoms. The fraction of sp³-hybridized carbons (Fsp3) is 0.111. The van der Waals surface area contributed by atoms with Gasteiger partial charge in [-0.25, -0.2) is 9.78 Å². The standard InChI is InChI=1S/C27H21N3O5/c31-25(17-34-20-12-10-19-11-13-26(32)35-23(19)14-20)30(15-18-6-2-1-3-7-18)16-24-28-22-9-5-4-8-21(22)27(33)29-24/h1-14H,15-17H2,(H,28,29,33). The second-order valence-corrected chi connectivity index (χ2v) is 8.01. The van der Waals surface area contributed by atoms with E-state index < -0.39 is 5.63 Å². The lowest BCUT2D eigenvalue weighted by Crippen LogP contribution is -2.35. The van der Waals surface area contributed by atoms with E-state index in [1.54, 1.807) is 47.4 Å². The summed E-state index contributed by atoms with van der Waals surface area (Å²) in [6.45, 7) is 0.170. The van der Waals surface area contributed by atoms with Crippen LogP contribution in [0.4, 0.5) is 0 Å². The lowest BCUT2D eigenvalue weighted by atomic mass is 10.2. The number of para-hydroxylation sites is 1. The number of carbonyl (C=O) groups excluding carboxylic acids is 1. The van der Waals surface area contributed by atoms with Crippen LogP contribution in [0, 0.1) is 0 Å². The highest BCUT2D eigenvalue weighted by molar-refractivity contribution is 5.80. The second-order valence-electron chi connectivity index (χ2n) is 8.01. The van der Waals surface area contributed by atoms with Crippen LogP contribution in [0.3, 0.4) is 0 Å². The fourth-order valence-corrected chi connectivity index (χ4v) is 3.79. The van der Waals surface area contributed by atoms with Crippen LogP contribution in [0.1, 0.15) is 11.4 Å². The molecule has 0 saturated heterocycles. The van der Waals surface area contributed by atoms with Crippen molar-refractivity contribution < 1.29 is 13.9 Å². The monoisotopic (exact) mass is 467 g/mol. The summed E-state index contributed by atoms with van der Waals surface area (Å²) in [6.07, 6.45) is 0. The van der Waals surface area contributed by atoms with E-state index in [2.05, 4.69) is 9.97 Å².